The van der Waals surface area contributed by atoms with E-state index in [4.69, 9.17) is 11.6 Å². The summed E-state index contributed by atoms with van der Waals surface area (Å²) in [7, 11) is 0. The molecular weight excluding hydrogens is 317 g/mol. The molecule has 21 heavy (non-hydrogen) atoms. The van der Waals surface area contributed by atoms with E-state index in [-0.39, 0.29) is 23.4 Å². The topological polar surface area (TPSA) is 72.7 Å². The summed E-state index contributed by atoms with van der Waals surface area (Å²) < 4.78 is 15.1. The second-order valence-electron chi connectivity index (χ2n) is 4.46. The van der Waals surface area contributed by atoms with Gasteiger partial charge in [-0.15, -0.1) is 5.10 Å². The lowest BCUT2D eigenvalue weighted by atomic mass is 10.3. The van der Waals surface area contributed by atoms with Crippen molar-refractivity contribution >= 4 is 35.0 Å². The van der Waals surface area contributed by atoms with Crippen molar-refractivity contribution in [3.8, 4) is 0 Å². The number of thioether (sulfide) groups is 1. The van der Waals surface area contributed by atoms with Gasteiger partial charge in [0, 0.05) is 5.02 Å². The highest BCUT2D eigenvalue weighted by Crippen LogP contribution is 2.21. The van der Waals surface area contributed by atoms with Crippen LogP contribution in [0, 0.1) is 5.82 Å². The lowest BCUT2D eigenvalue weighted by molar-refractivity contribution is -0.113. The Morgan fingerprint density at radius 1 is 1.52 bits per heavy atom. The van der Waals surface area contributed by atoms with E-state index < -0.39 is 5.82 Å². The van der Waals surface area contributed by atoms with Crippen molar-refractivity contribution in [2.45, 2.75) is 25.0 Å². The molecule has 1 heterocycles. The second-order valence-corrected chi connectivity index (χ2v) is 5.84. The molecule has 0 atom stereocenters. The molecule has 1 aromatic carbocycles. The predicted octanol–water partition coefficient (Wildman–Crippen LogP) is 2.78. The Hall–Kier alpha value is -1.67. The lowest BCUT2D eigenvalue weighted by Crippen LogP contribution is -2.16. The molecule has 0 aliphatic carbocycles. The first-order chi connectivity index (χ1) is 9.97. The standard InChI is InChI=1S/C12H13ClFN5OS/c1-7(2)19-12(16-17-18-19)21-6-11(20)15-10-5-8(13)3-4-9(10)14/h3-5,7H,6H2,1-2H3,(H,15,20). The van der Waals surface area contributed by atoms with Crippen molar-refractivity contribution in [2.24, 2.45) is 0 Å². The number of benzene rings is 1. The minimum atomic E-state index is -0.537. The van der Waals surface area contributed by atoms with Gasteiger partial charge in [-0.2, -0.15) is 0 Å². The van der Waals surface area contributed by atoms with E-state index in [2.05, 4.69) is 20.8 Å². The molecule has 0 unspecified atom stereocenters. The van der Waals surface area contributed by atoms with Gasteiger partial charge in [-0.3, -0.25) is 4.79 Å². The summed E-state index contributed by atoms with van der Waals surface area (Å²) in [5.74, 6) is -0.830. The molecule has 1 N–H and O–H groups in total. The molecule has 1 amide bonds. The SMILES string of the molecule is CC(C)n1nnnc1SCC(=O)Nc1cc(Cl)ccc1F. The maximum atomic E-state index is 13.5. The van der Waals surface area contributed by atoms with Crippen LogP contribution in [-0.2, 0) is 4.79 Å². The highest BCUT2D eigenvalue weighted by Gasteiger charge is 2.13. The zero-order valence-corrected chi connectivity index (χ0v) is 13.0. The summed E-state index contributed by atoms with van der Waals surface area (Å²) in [6, 6.07) is 4.07. The number of halogens is 2. The normalized spacial score (nSPS) is 10.9. The van der Waals surface area contributed by atoms with Crippen molar-refractivity contribution in [1.29, 1.82) is 0 Å². The quantitative estimate of drug-likeness (QED) is 0.854. The molecule has 0 radical (unpaired) electrons. The highest BCUT2D eigenvalue weighted by atomic mass is 35.5. The number of tetrazole rings is 1. The number of carbonyl (C=O) groups excluding carboxylic acids is 1. The maximum absolute atomic E-state index is 13.5. The molecule has 0 aliphatic heterocycles. The first kappa shape index (κ1) is 15.7. The maximum Gasteiger partial charge on any atom is 0.234 e. The summed E-state index contributed by atoms with van der Waals surface area (Å²) >= 11 is 6.94. The van der Waals surface area contributed by atoms with Crippen LogP contribution in [0.15, 0.2) is 23.4 Å². The van der Waals surface area contributed by atoms with Crippen LogP contribution >= 0.6 is 23.4 Å². The van der Waals surface area contributed by atoms with Gasteiger partial charge in [0.1, 0.15) is 5.82 Å². The van der Waals surface area contributed by atoms with E-state index in [9.17, 15) is 9.18 Å². The third-order valence-corrected chi connectivity index (χ3v) is 3.66. The summed E-state index contributed by atoms with van der Waals surface area (Å²) in [4.78, 5) is 11.8. The average Bonchev–Trinajstić information content (AvgIpc) is 2.89. The summed E-state index contributed by atoms with van der Waals surface area (Å²) in [5.41, 5.74) is 0.0524. The van der Waals surface area contributed by atoms with Gasteiger partial charge < -0.3 is 5.32 Å². The van der Waals surface area contributed by atoms with E-state index >= 15 is 0 Å². The fourth-order valence-electron chi connectivity index (χ4n) is 1.51. The lowest BCUT2D eigenvalue weighted by Gasteiger charge is -2.08. The van der Waals surface area contributed by atoms with Gasteiger partial charge in [0.15, 0.2) is 0 Å². The summed E-state index contributed by atoms with van der Waals surface area (Å²) in [5, 5.41) is 14.6. The Labute approximate surface area is 130 Å². The fraction of sp³-hybridized carbons (Fsp3) is 0.333. The molecule has 6 nitrogen and oxygen atoms in total. The van der Waals surface area contributed by atoms with Crippen LogP contribution in [0.4, 0.5) is 10.1 Å². The van der Waals surface area contributed by atoms with Crippen LogP contribution < -0.4 is 5.32 Å². The number of rotatable bonds is 5. The van der Waals surface area contributed by atoms with Gasteiger partial charge in [-0.1, -0.05) is 23.4 Å². The molecular formula is C12H13ClFN5OS. The van der Waals surface area contributed by atoms with E-state index in [0.717, 1.165) is 0 Å². The van der Waals surface area contributed by atoms with Crippen LogP contribution in [0.5, 0.6) is 0 Å². The number of hydrogen-bond donors (Lipinski definition) is 1. The van der Waals surface area contributed by atoms with Crippen LogP contribution in [0.1, 0.15) is 19.9 Å². The van der Waals surface area contributed by atoms with Crippen molar-refractivity contribution in [2.75, 3.05) is 11.1 Å². The molecule has 2 aromatic rings. The Bertz CT molecular complexity index is 648. The number of carbonyl (C=O) groups is 1. The second kappa shape index (κ2) is 6.86. The molecule has 0 spiro atoms. The zero-order chi connectivity index (χ0) is 15.4. The minimum Gasteiger partial charge on any atom is -0.323 e. The number of amides is 1. The van der Waals surface area contributed by atoms with Crippen molar-refractivity contribution in [3.05, 3.63) is 29.0 Å². The van der Waals surface area contributed by atoms with Gasteiger partial charge in [0.2, 0.25) is 11.1 Å². The third-order valence-electron chi connectivity index (χ3n) is 2.49. The van der Waals surface area contributed by atoms with Gasteiger partial charge in [-0.25, -0.2) is 9.07 Å². The van der Waals surface area contributed by atoms with Crippen LogP contribution in [-0.4, -0.2) is 31.9 Å². The molecule has 0 bridgehead atoms. The molecule has 0 fully saturated rings. The fourth-order valence-corrected chi connectivity index (χ4v) is 2.49. The highest BCUT2D eigenvalue weighted by molar-refractivity contribution is 7.99. The Balaban J connectivity index is 1.96. The monoisotopic (exact) mass is 329 g/mol. The first-order valence-corrected chi connectivity index (χ1v) is 7.49. The summed E-state index contributed by atoms with van der Waals surface area (Å²) in [6.45, 7) is 3.86. The van der Waals surface area contributed by atoms with E-state index in [1.165, 1.54) is 30.0 Å². The van der Waals surface area contributed by atoms with E-state index in [0.29, 0.717) is 10.2 Å². The van der Waals surface area contributed by atoms with Gasteiger partial charge in [0.05, 0.1) is 17.5 Å². The van der Waals surface area contributed by atoms with Gasteiger partial charge in [0.25, 0.3) is 0 Å². The van der Waals surface area contributed by atoms with Crippen molar-refractivity contribution in [3.63, 3.8) is 0 Å². The molecule has 1 aromatic heterocycles. The van der Waals surface area contributed by atoms with E-state index in [1.807, 2.05) is 13.8 Å². The average molecular weight is 330 g/mol. The Morgan fingerprint density at radius 2 is 2.29 bits per heavy atom. The van der Waals surface area contributed by atoms with Gasteiger partial charge in [-0.05, 0) is 42.5 Å². The van der Waals surface area contributed by atoms with Crippen LogP contribution in [0.3, 0.4) is 0 Å². The number of hydrogen-bond acceptors (Lipinski definition) is 5. The third kappa shape index (κ3) is 4.15. The van der Waals surface area contributed by atoms with Gasteiger partial charge >= 0.3 is 0 Å². The van der Waals surface area contributed by atoms with Crippen LogP contribution in [0.25, 0.3) is 0 Å². The molecule has 112 valence electrons. The Morgan fingerprint density at radius 3 is 3.00 bits per heavy atom. The molecule has 0 aliphatic rings. The minimum absolute atomic E-state index is 0.0524. The van der Waals surface area contributed by atoms with Crippen molar-refractivity contribution < 1.29 is 9.18 Å². The van der Waals surface area contributed by atoms with E-state index in [1.54, 1.807) is 4.68 Å². The smallest absolute Gasteiger partial charge is 0.234 e. The largest absolute Gasteiger partial charge is 0.323 e. The van der Waals surface area contributed by atoms with Crippen LogP contribution in [0.2, 0.25) is 5.02 Å². The number of nitrogens with one attached hydrogen (secondary N) is 1. The number of anilines is 1. The molecule has 9 heteroatoms. The zero-order valence-electron chi connectivity index (χ0n) is 11.4. The molecule has 0 saturated carbocycles. The first-order valence-electron chi connectivity index (χ1n) is 6.13. The molecule has 2 rings (SSSR count). The predicted molar refractivity (Wildman–Crippen MR) is 79.0 cm³/mol. The summed E-state index contributed by atoms with van der Waals surface area (Å²) in [6.07, 6.45) is 0. The van der Waals surface area contributed by atoms with Crippen molar-refractivity contribution in [1.82, 2.24) is 20.2 Å². The number of nitrogens with zero attached hydrogens (tertiary/aromatic N) is 4. The number of aromatic nitrogens is 4. The molecule has 0 saturated heterocycles. The Kier molecular flexibility index (Phi) is 5.13.